The van der Waals surface area contributed by atoms with E-state index < -0.39 is 0 Å². The number of hydrogen-bond donors (Lipinski definition) is 2. The molecule has 1 fully saturated rings. The first-order chi connectivity index (χ1) is 6.83. The summed E-state index contributed by atoms with van der Waals surface area (Å²) in [6, 6.07) is 2.01. The first-order valence-electron chi connectivity index (χ1n) is 5.33. The molecule has 0 saturated carbocycles. The Kier molecular flexibility index (Phi) is 1.73. The summed E-state index contributed by atoms with van der Waals surface area (Å²) in [5.74, 6) is 1.06. The highest BCUT2D eigenvalue weighted by molar-refractivity contribution is 5.32. The monoisotopic (exact) mass is 193 g/mol. The lowest BCUT2D eigenvalue weighted by molar-refractivity contribution is 0.0818. The van der Waals surface area contributed by atoms with Gasteiger partial charge in [0.25, 0.3) is 0 Å². The van der Waals surface area contributed by atoms with Crippen molar-refractivity contribution in [3.8, 4) is 0 Å². The fourth-order valence-corrected chi connectivity index (χ4v) is 2.92. The van der Waals surface area contributed by atoms with E-state index in [0.717, 1.165) is 38.0 Å². The van der Waals surface area contributed by atoms with E-state index in [9.17, 15) is 5.11 Å². The average molecular weight is 193 g/mol. The Balaban J connectivity index is 2.10. The molecule has 0 bridgehead atoms. The van der Waals surface area contributed by atoms with Gasteiger partial charge in [0.05, 0.1) is 17.9 Å². The fraction of sp³-hybridized carbons (Fsp3) is 0.636. The molecule has 2 N–H and O–H groups in total. The first-order valence-corrected chi connectivity index (χ1v) is 5.33. The number of aryl methyl sites for hydroxylation is 1. The van der Waals surface area contributed by atoms with Crippen LogP contribution in [0, 0.1) is 0 Å². The van der Waals surface area contributed by atoms with Gasteiger partial charge in [-0.3, -0.25) is 0 Å². The number of aliphatic hydroxyl groups excluding tert-OH is 1. The highest BCUT2D eigenvalue weighted by atomic mass is 16.3. The number of rotatable bonds is 0. The van der Waals surface area contributed by atoms with Gasteiger partial charge in [-0.15, -0.1) is 0 Å². The Morgan fingerprint density at radius 1 is 1.57 bits per heavy atom. The Morgan fingerprint density at radius 3 is 3.29 bits per heavy atom. The molecule has 0 amide bonds. The van der Waals surface area contributed by atoms with E-state index in [4.69, 9.17) is 4.42 Å². The number of hydrogen-bond acceptors (Lipinski definition) is 3. The second kappa shape index (κ2) is 2.84. The lowest BCUT2D eigenvalue weighted by Crippen LogP contribution is -2.46. The standard InChI is InChI=1S/C11H15NO2/c13-10-3-6-12-11(10)5-1-2-9-8(11)4-7-14-9/h4,7,10,12-13H,1-3,5-6H2. The molecule has 3 heteroatoms. The molecule has 2 unspecified atom stereocenters. The molecule has 1 aromatic heterocycles. The lowest BCUT2D eigenvalue weighted by Gasteiger charge is -2.36. The van der Waals surface area contributed by atoms with Crippen LogP contribution in [0.1, 0.15) is 30.6 Å². The number of nitrogens with one attached hydrogen (secondary N) is 1. The average Bonchev–Trinajstić information content (AvgIpc) is 2.76. The van der Waals surface area contributed by atoms with Crippen LogP contribution >= 0.6 is 0 Å². The molecule has 76 valence electrons. The molecule has 2 aliphatic rings. The molecule has 3 rings (SSSR count). The molecular formula is C11H15NO2. The summed E-state index contributed by atoms with van der Waals surface area (Å²) in [6.07, 6.45) is 5.48. The molecule has 1 saturated heterocycles. The van der Waals surface area contributed by atoms with Gasteiger partial charge in [0, 0.05) is 12.0 Å². The summed E-state index contributed by atoms with van der Waals surface area (Å²) in [7, 11) is 0. The van der Waals surface area contributed by atoms with Crippen molar-refractivity contribution in [3.05, 3.63) is 23.7 Å². The van der Waals surface area contributed by atoms with Crippen LogP contribution < -0.4 is 5.32 Å². The molecule has 0 aromatic carbocycles. The van der Waals surface area contributed by atoms with Gasteiger partial charge in [0.15, 0.2) is 0 Å². The normalized spacial score (nSPS) is 36.2. The molecule has 3 nitrogen and oxygen atoms in total. The minimum atomic E-state index is -0.251. The predicted octanol–water partition coefficient (Wildman–Crippen LogP) is 1.17. The van der Waals surface area contributed by atoms with E-state index in [1.807, 2.05) is 6.07 Å². The van der Waals surface area contributed by atoms with Crippen LogP contribution in [0.2, 0.25) is 0 Å². The quantitative estimate of drug-likeness (QED) is 0.650. The Bertz CT molecular complexity index is 347. The van der Waals surface area contributed by atoms with E-state index in [2.05, 4.69) is 5.32 Å². The summed E-state index contributed by atoms with van der Waals surface area (Å²) in [4.78, 5) is 0. The van der Waals surface area contributed by atoms with Gasteiger partial charge >= 0.3 is 0 Å². The van der Waals surface area contributed by atoms with Crippen molar-refractivity contribution in [2.45, 2.75) is 37.3 Å². The van der Waals surface area contributed by atoms with Gasteiger partial charge in [0.1, 0.15) is 5.76 Å². The second-order valence-corrected chi connectivity index (χ2v) is 4.31. The summed E-state index contributed by atoms with van der Waals surface area (Å²) in [6.45, 7) is 0.909. The van der Waals surface area contributed by atoms with Gasteiger partial charge in [-0.2, -0.15) is 0 Å². The van der Waals surface area contributed by atoms with Crippen molar-refractivity contribution in [3.63, 3.8) is 0 Å². The van der Waals surface area contributed by atoms with Crippen molar-refractivity contribution >= 4 is 0 Å². The Hall–Kier alpha value is -0.800. The second-order valence-electron chi connectivity index (χ2n) is 4.31. The van der Waals surface area contributed by atoms with Gasteiger partial charge < -0.3 is 14.8 Å². The van der Waals surface area contributed by atoms with Crippen molar-refractivity contribution < 1.29 is 9.52 Å². The zero-order valence-corrected chi connectivity index (χ0v) is 8.12. The Labute approximate surface area is 83.1 Å². The highest BCUT2D eigenvalue weighted by Crippen LogP contribution is 2.41. The van der Waals surface area contributed by atoms with E-state index in [-0.39, 0.29) is 11.6 Å². The summed E-state index contributed by atoms with van der Waals surface area (Å²) < 4.78 is 5.44. The van der Waals surface area contributed by atoms with Crippen molar-refractivity contribution in [1.82, 2.24) is 5.32 Å². The van der Waals surface area contributed by atoms with Crippen molar-refractivity contribution in [2.75, 3.05) is 6.54 Å². The molecule has 2 heterocycles. The topological polar surface area (TPSA) is 45.4 Å². The molecule has 1 aliphatic heterocycles. The summed E-state index contributed by atoms with van der Waals surface area (Å²) >= 11 is 0. The largest absolute Gasteiger partial charge is 0.469 e. The maximum atomic E-state index is 10.1. The SMILES string of the molecule is OC1CCNC12CCCc1occc12. The number of furan rings is 1. The van der Waals surface area contributed by atoms with Crippen molar-refractivity contribution in [1.29, 1.82) is 0 Å². The van der Waals surface area contributed by atoms with Crippen LogP contribution in [0.4, 0.5) is 0 Å². The van der Waals surface area contributed by atoms with Gasteiger partial charge in [-0.05, 0) is 31.9 Å². The molecule has 1 spiro atoms. The molecule has 1 aliphatic carbocycles. The third-order valence-electron chi connectivity index (χ3n) is 3.63. The van der Waals surface area contributed by atoms with Crippen molar-refractivity contribution in [2.24, 2.45) is 0 Å². The maximum Gasteiger partial charge on any atom is 0.108 e. The molecule has 2 atom stereocenters. The molecule has 14 heavy (non-hydrogen) atoms. The minimum Gasteiger partial charge on any atom is -0.469 e. The van der Waals surface area contributed by atoms with Crippen LogP contribution in [-0.2, 0) is 12.0 Å². The van der Waals surface area contributed by atoms with Gasteiger partial charge in [0.2, 0.25) is 0 Å². The maximum absolute atomic E-state index is 10.1. The minimum absolute atomic E-state index is 0.194. The van der Waals surface area contributed by atoms with Gasteiger partial charge in [-0.1, -0.05) is 0 Å². The predicted molar refractivity (Wildman–Crippen MR) is 52.0 cm³/mol. The lowest BCUT2D eigenvalue weighted by atomic mass is 9.77. The summed E-state index contributed by atoms with van der Waals surface area (Å²) in [5.41, 5.74) is 0.995. The smallest absolute Gasteiger partial charge is 0.108 e. The third-order valence-corrected chi connectivity index (χ3v) is 3.63. The Morgan fingerprint density at radius 2 is 2.50 bits per heavy atom. The third kappa shape index (κ3) is 0.940. The molecular weight excluding hydrogens is 178 g/mol. The highest BCUT2D eigenvalue weighted by Gasteiger charge is 2.46. The fourth-order valence-electron chi connectivity index (χ4n) is 2.92. The van der Waals surface area contributed by atoms with E-state index in [1.54, 1.807) is 6.26 Å². The van der Waals surface area contributed by atoms with E-state index in [0.29, 0.717) is 0 Å². The zero-order chi connectivity index (χ0) is 9.60. The number of fused-ring (bicyclic) bond motifs is 2. The van der Waals surface area contributed by atoms with Crippen LogP contribution in [-0.4, -0.2) is 17.8 Å². The zero-order valence-electron chi connectivity index (χ0n) is 8.12. The molecule has 1 aromatic rings. The van der Waals surface area contributed by atoms with E-state index >= 15 is 0 Å². The summed E-state index contributed by atoms with van der Waals surface area (Å²) in [5, 5.41) is 13.5. The van der Waals surface area contributed by atoms with Crippen LogP contribution in [0.25, 0.3) is 0 Å². The first kappa shape index (κ1) is 8.50. The number of aliphatic hydroxyl groups is 1. The molecule has 0 radical (unpaired) electrons. The van der Waals surface area contributed by atoms with Crippen LogP contribution in [0.15, 0.2) is 16.7 Å². The van der Waals surface area contributed by atoms with E-state index in [1.165, 1.54) is 5.56 Å². The van der Waals surface area contributed by atoms with Crippen LogP contribution in [0.5, 0.6) is 0 Å². The van der Waals surface area contributed by atoms with Crippen LogP contribution in [0.3, 0.4) is 0 Å². The van der Waals surface area contributed by atoms with Gasteiger partial charge in [-0.25, -0.2) is 0 Å².